The molecule has 2 aromatic carbocycles. The molecule has 2 amide bonds. The number of piperidine rings is 1. The van der Waals surface area contributed by atoms with Crippen molar-refractivity contribution in [1.29, 1.82) is 0 Å². The number of amides is 2. The van der Waals surface area contributed by atoms with E-state index in [1.165, 1.54) is 11.6 Å². The van der Waals surface area contributed by atoms with Crippen molar-refractivity contribution in [2.75, 3.05) is 25.0 Å². The average molecular weight is 383 g/mol. The summed E-state index contributed by atoms with van der Waals surface area (Å²) in [6, 6.07) is 14.0. The SMILES string of the molecule is NC(=O)C1CCN(CCc2ccc(NC(=O)Cc3ccccc3F)cc2)CC1. The van der Waals surface area contributed by atoms with Crippen LogP contribution in [0.2, 0.25) is 0 Å². The van der Waals surface area contributed by atoms with Crippen molar-refractivity contribution in [3.8, 4) is 0 Å². The number of benzene rings is 2. The van der Waals surface area contributed by atoms with Crippen LogP contribution >= 0.6 is 0 Å². The van der Waals surface area contributed by atoms with Crippen molar-refractivity contribution in [2.45, 2.75) is 25.7 Å². The molecule has 1 aliphatic heterocycles. The van der Waals surface area contributed by atoms with Crippen LogP contribution in [0, 0.1) is 11.7 Å². The third kappa shape index (κ3) is 5.63. The Morgan fingerprint density at radius 1 is 1.07 bits per heavy atom. The summed E-state index contributed by atoms with van der Waals surface area (Å²) >= 11 is 0. The topological polar surface area (TPSA) is 75.4 Å². The molecule has 1 saturated heterocycles. The van der Waals surface area contributed by atoms with Crippen molar-refractivity contribution in [3.05, 3.63) is 65.5 Å². The van der Waals surface area contributed by atoms with Crippen LogP contribution in [0.25, 0.3) is 0 Å². The van der Waals surface area contributed by atoms with Gasteiger partial charge in [-0.1, -0.05) is 30.3 Å². The number of nitrogens with two attached hydrogens (primary N) is 1. The molecule has 0 aromatic heterocycles. The van der Waals surface area contributed by atoms with Gasteiger partial charge in [-0.25, -0.2) is 4.39 Å². The molecule has 1 aliphatic rings. The van der Waals surface area contributed by atoms with E-state index in [-0.39, 0.29) is 30.0 Å². The molecule has 0 aliphatic carbocycles. The van der Waals surface area contributed by atoms with Crippen LogP contribution < -0.4 is 11.1 Å². The Kier molecular flexibility index (Phi) is 6.76. The lowest BCUT2D eigenvalue weighted by atomic mass is 9.96. The van der Waals surface area contributed by atoms with Gasteiger partial charge < -0.3 is 16.0 Å². The first-order valence-corrected chi connectivity index (χ1v) is 9.65. The maximum atomic E-state index is 13.6. The number of carbonyl (C=O) groups is 2. The van der Waals surface area contributed by atoms with E-state index in [4.69, 9.17) is 5.73 Å². The number of halogens is 1. The first-order chi connectivity index (χ1) is 13.5. The summed E-state index contributed by atoms with van der Waals surface area (Å²) in [5.41, 5.74) is 7.64. The molecule has 0 spiro atoms. The van der Waals surface area contributed by atoms with Gasteiger partial charge in [0.25, 0.3) is 0 Å². The molecule has 0 unspecified atom stereocenters. The molecule has 3 N–H and O–H groups in total. The molecule has 0 bridgehead atoms. The maximum Gasteiger partial charge on any atom is 0.228 e. The highest BCUT2D eigenvalue weighted by Gasteiger charge is 2.22. The van der Waals surface area contributed by atoms with Gasteiger partial charge in [-0.05, 0) is 61.7 Å². The van der Waals surface area contributed by atoms with Gasteiger partial charge in [0.15, 0.2) is 0 Å². The van der Waals surface area contributed by atoms with E-state index in [9.17, 15) is 14.0 Å². The number of anilines is 1. The number of nitrogens with one attached hydrogen (secondary N) is 1. The molecule has 5 nitrogen and oxygen atoms in total. The van der Waals surface area contributed by atoms with Crippen LogP contribution in [-0.4, -0.2) is 36.3 Å². The van der Waals surface area contributed by atoms with Gasteiger partial charge in [-0.3, -0.25) is 9.59 Å². The second-order valence-corrected chi connectivity index (χ2v) is 7.28. The van der Waals surface area contributed by atoms with Crippen LogP contribution in [-0.2, 0) is 22.4 Å². The van der Waals surface area contributed by atoms with Gasteiger partial charge in [-0.15, -0.1) is 0 Å². The largest absolute Gasteiger partial charge is 0.369 e. The Labute approximate surface area is 164 Å². The standard InChI is InChI=1S/C22H26FN3O2/c23-20-4-2-1-3-18(20)15-21(27)25-19-7-5-16(6-8-19)9-12-26-13-10-17(11-14-26)22(24)28/h1-8,17H,9-15H2,(H2,24,28)(H,25,27). The monoisotopic (exact) mass is 383 g/mol. The van der Waals surface area contributed by atoms with Crippen molar-refractivity contribution in [2.24, 2.45) is 11.7 Å². The van der Waals surface area contributed by atoms with Crippen molar-refractivity contribution >= 4 is 17.5 Å². The van der Waals surface area contributed by atoms with E-state index < -0.39 is 0 Å². The van der Waals surface area contributed by atoms with E-state index in [1.54, 1.807) is 18.2 Å². The molecule has 148 valence electrons. The minimum Gasteiger partial charge on any atom is -0.369 e. The Bertz CT molecular complexity index is 815. The third-order valence-electron chi connectivity index (χ3n) is 5.25. The molecular formula is C22H26FN3O2. The summed E-state index contributed by atoms with van der Waals surface area (Å²) in [5.74, 6) is -0.779. The molecule has 6 heteroatoms. The van der Waals surface area contributed by atoms with Crippen molar-refractivity contribution in [1.82, 2.24) is 4.90 Å². The minimum atomic E-state index is -0.368. The molecule has 0 atom stereocenters. The van der Waals surface area contributed by atoms with Gasteiger partial charge in [0, 0.05) is 18.2 Å². The van der Waals surface area contributed by atoms with E-state index in [0.717, 1.165) is 38.9 Å². The molecule has 1 fully saturated rings. The summed E-state index contributed by atoms with van der Waals surface area (Å²) in [6.07, 6.45) is 2.59. The Hall–Kier alpha value is -2.73. The zero-order chi connectivity index (χ0) is 19.9. The third-order valence-corrected chi connectivity index (χ3v) is 5.25. The average Bonchev–Trinajstić information content (AvgIpc) is 2.69. The number of primary amides is 1. The first-order valence-electron chi connectivity index (χ1n) is 9.65. The summed E-state index contributed by atoms with van der Waals surface area (Å²) in [5, 5.41) is 2.81. The lowest BCUT2D eigenvalue weighted by Gasteiger charge is -2.30. The van der Waals surface area contributed by atoms with Crippen LogP contribution in [0.5, 0.6) is 0 Å². The predicted octanol–water partition coefficient (Wildman–Crippen LogP) is 2.75. The first kappa shape index (κ1) is 20.0. The van der Waals surface area contributed by atoms with Crippen LogP contribution in [0.15, 0.2) is 48.5 Å². The number of hydrogen-bond donors (Lipinski definition) is 2. The number of hydrogen-bond acceptors (Lipinski definition) is 3. The predicted molar refractivity (Wildman–Crippen MR) is 107 cm³/mol. The molecule has 2 aromatic rings. The van der Waals surface area contributed by atoms with E-state index >= 15 is 0 Å². The number of carbonyl (C=O) groups excluding carboxylic acids is 2. The lowest BCUT2D eigenvalue weighted by Crippen LogP contribution is -2.39. The van der Waals surface area contributed by atoms with Crippen molar-refractivity contribution < 1.29 is 14.0 Å². The van der Waals surface area contributed by atoms with Gasteiger partial charge in [0.05, 0.1) is 6.42 Å². The fraction of sp³-hybridized carbons (Fsp3) is 0.364. The quantitative estimate of drug-likeness (QED) is 0.772. The number of nitrogens with zero attached hydrogens (tertiary/aromatic N) is 1. The zero-order valence-electron chi connectivity index (χ0n) is 15.9. The minimum absolute atomic E-state index is 0.00960. The highest BCUT2D eigenvalue weighted by atomic mass is 19.1. The van der Waals surface area contributed by atoms with Crippen molar-refractivity contribution in [3.63, 3.8) is 0 Å². The molecular weight excluding hydrogens is 357 g/mol. The fourth-order valence-electron chi connectivity index (χ4n) is 3.50. The highest BCUT2D eigenvalue weighted by Crippen LogP contribution is 2.18. The lowest BCUT2D eigenvalue weighted by molar-refractivity contribution is -0.123. The second kappa shape index (κ2) is 9.46. The van der Waals surface area contributed by atoms with E-state index in [1.807, 2.05) is 24.3 Å². The molecule has 1 heterocycles. The van der Waals surface area contributed by atoms with Gasteiger partial charge in [0.2, 0.25) is 11.8 Å². The second-order valence-electron chi connectivity index (χ2n) is 7.28. The zero-order valence-corrected chi connectivity index (χ0v) is 15.9. The van der Waals surface area contributed by atoms with E-state index in [0.29, 0.717) is 11.3 Å². The van der Waals surface area contributed by atoms with Crippen LogP contribution in [0.3, 0.4) is 0 Å². The Balaban J connectivity index is 1.44. The number of rotatable bonds is 7. The van der Waals surface area contributed by atoms with Gasteiger partial charge >= 0.3 is 0 Å². The maximum absolute atomic E-state index is 13.6. The van der Waals surface area contributed by atoms with Crippen LogP contribution in [0.1, 0.15) is 24.0 Å². The molecule has 28 heavy (non-hydrogen) atoms. The van der Waals surface area contributed by atoms with Crippen LogP contribution in [0.4, 0.5) is 10.1 Å². The summed E-state index contributed by atoms with van der Waals surface area (Å²) in [4.78, 5) is 25.7. The van der Waals surface area contributed by atoms with E-state index in [2.05, 4.69) is 10.2 Å². The Morgan fingerprint density at radius 3 is 2.39 bits per heavy atom. The Morgan fingerprint density at radius 2 is 1.75 bits per heavy atom. The summed E-state index contributed by atoms with van der Waals surface area (Å²) in [7, 11) is 0. The number of likely N-dealkylation sites (tertiary alicyclic amines) is 1. The molecule has 3 rings (SSSR count). The smallest absolute Gasteiger partial charge is 0.228 e. The normalized spacial score (nSPS) is 15.3. The van der Waals surface area contributed by atoms with Gasteiger partial charge in [0.1, 0.15) is 5.82 Å². The molecule has 0 radical (unpaired) electrons. The summed E-state index contributed by atoms with van der Waals surface area (Å²) < 4.78 is 13.6. The highest BCUT2D eigenvalue weighted by molar-refractivity contribution is 5.92. The molecule has 0 saturated carbocycles. The summed E-state index contributed by atoms with van der Waals surface area (Å²) in [6.45, 7) is 2.74. The van der Waals surface area contributed by atoms with Gasteiger partial charge in [-0.2, -0.15) is 0 Å². The fourth-order valence-corrected chi connectivity index (χ4v) is 3.50.